The van der Waals surface area contributed by atoms with E-state index in [1.165, 1.54) is 34.2 Å². The van der Waals surface area contributed by atoms with Crippen LogP contribution >= 0.6 is 23.1 Å². The van der Waals surface area contributed by atoms with Gasteiger partial charge in [-0.1, -0.05) is 42.1 Å². The maximum atomic E-state index is 12.1. The van der Waals surface area contributed by atoms with Gasteiger partial charge in [-0.25, -0.2) is 4.98 Å². The van der Waals surface area contributed by atoms with Crippen LogP contribution in [0.1, 0.15) is 29.7 Å². The third kappa shape index (κ3) is 5.33. The van der Waals surface area contributed by atoms with Crippen LogP contribution in [-0.4, -0.2) is 29.2 Å². The van der Waals surface area contributed by atoms with Crippen molar-refractivity contribution in [2.75, 3.05) is 12.4 Å². The van der Waals surface area contributed by atoms with E-state index in [-0.39, 0.29) is 24.3 Å². The fourth-order valence-electron chi connectivity index (χ4n) is 2.62. The van der Waals surface area contributed by atoms with E-state index in [9.17, 15) is 9.59 Å². The van der Waals surface area contributed by atoms with Gasteiger partial charge in [0.1, 0.15) is 0 Å². The summed E-state index contributed by atoms with van der Waals surface area (Å²) >= 11 is 2.86. The molecule has 0 aliphatic heterocycles. The maximum absolute atomic E-state index is 12.1. The summed E-state index contributed by atoms with van der Waals surface area (Å²) in [4.78, 5) is 28.5. The number of hydrogen-bond acceptors (Lipinski definition) is 6. The topological polar surface area (TPSA) is 68.3 Å². The molecule has 0 fully saturated rings. The minimum Gasteiger partial charge on any atom is -0.455 e. The number of amides is 1. The van der Waals surface area contributed by atoms with Gasteiger partial charge in [0.05, 0.1) is 22.0 Å². The molecule has 0 spiro atoms. The second-order valence-corrected chi connectivity index (χ2v) is 8.78. The SMILES string of the molecule is Cc1ccc([C@H](C)NC(=O)COC(=O)CSc2nc3ccccc3s2)cc1C. The molecule has 0 saturated heterocycles. The molecule has 1 amide bonds. The molecule has 0 saturated carbocycles. The van der Waals surface area contributed by atoms with Gasteiger partial charge in [-0.3, -0.25) is 9.59 Å². The summed E-state index contributed by atoms with van der Waals surface area (Å²) in [5.41, 5.74) is 4.33. The van der Waals surface area contributed by atoms with Gasteiger partial charge in [-0.05, 0) is 49.6 Å². The molecule has 1 aromatic heterocycles. The number of esters is 1. The molecule has 0 radical (unpaired) electrons. The van der Waals surface area contributed by atoms with Crippen LogP contribution in [0.25, 0.3) is 10.2 Å². The Morgan fingerprint density at radius 3 is 2.71 bits per heavy atom. The van der Waals surface area contributed by atoms with E-state index in [2.05, 4.69) is 16.4 Å². The number of carbonyl (C=O) groups excluding carboxylic acids is 2. The predicted octanol–water partition coefficient (Wildman–Crippen LogP) is 4.43. The molecule has 0 unspecified atom stereocenters. The maximum Gasteiger partial charge on any atom is 0.316 e. The van der Waals surface area contributed by atoms with Crippen molar-refractivity contribution in [1.82, 2.24) is 10.3 Å². The molecule has 146 valence electrons. The molecule has 1 atom stereocenters. The second kappa shape index (κ2) is 9.21. The molecule has 3 rings (SSSR count). The van der Waals surface area contributed by atoms with Crippen molar-refractivity contribution in [2.45, 2.75) is 31.2 Å². The molecular formula is C21H22N2O3S2. The standard InChI is InChI=1S/C21H22N2O3S2/c1-13-8-9-16(10-14(13)2)15(3)22-19(24)11-26-20(25)12-27-21-23-17-6-4-5-7-18(17)28-21/h4-10,15H,11-12H2,1-3H3,(H,22,24)/t15-/m0/s1. The molecule has 3 aromatic rings. The van der Waals surface area contributed by atoms with Crippen molar-refractivity contribution < 1.29 is 14.3 Å². The van der Waals surface area contributed by atoms with Crippen molar-refractivity contribution in [3.8, 4) is 0 Å². The highest BCUT2D eigenvalue weighted by Gasteiger charge is 2.13. The third-order valence-electron chi connectivity index (χ3n) is 4.36. The van der Waals surface area contributed by atoms with E-state index in [4.69, 9.17) is 4.74 Å². The average molecular weight is 415 g/mol. The van der Waals surface area contributed by atoms with Crippen LogP contribution in [-0.2, 0) is 14.3 Å². The molecule has 0 aliphatic carbocycles. The number of nitrogens with one attached hydrogen (secondary N) is 1. The zero-order valence-corrected chi connectivity index (χ0v) is 17.7. The number of para-hydroxylation sites is 1. The summed E-state index contributed by atoms with van der Waals surface area (Å²) < 4.78 is 6.98. The van der Waals surface area contributed by atoms with E-state index in [0.717, 1.165) is 20.1 Å². The van der Waals surface area contributed by atoms with Gasteiger partial charge in [0.2, 0.25) is 0 Å². The van der Waals surface area contributed by atoms with Crippen LogP contribution in [0.2, 0.25) is 0 Å². The van der Waals surface area contributed by atoms with Gasteiger partial charge in [0.25, 0.3) is 5.91 Å². The van der Waals surface area contributed by atoms with Crippen LogP contribution in [0, 0.1) is 13.8 Å². The van der Waals surface area contributed by atoms with Crippen molar-refractivity contribution in [3.05, 3.63) is 59.2 Å². The summed E-state index contributed by atoms with van der Waals surface area (Å²) in [6.45, 7) is 5.72. The fraction of sp³-hybridized carbons (Fsp3) is 0.286. The van der Waals surface area contributed by atoms with Crippen molar-refractivity contribution in [1.29, 1.82) is 0 Å². The second-order valence-electron chi connectivity index (χ2n) is 6.53. The van der Waals surface area contributed by atoms with Crippen molar-refractivity contribution in [3.63, 3.8) is 0 Å². The Balaban J connectivity index is 1.43. The highest BCUT2D eigenvalue weighted by molar-refractivity contribution is 8.01. The van der Waals surface area contributed by atoms with Crippen molar-refractivity contribution >= 4 is 45.2 Å². The van der Waals surface area contributed by atoms with E-state index < -0.39 is 5.97 Å². The van der Waals surface area contributed by atoms with Gasteiger partial charge < -0.3 is 10.1 Å². The molecular weight excluding hydrogens is 392 g/mol. The summed E-state index contributed by atoms with van der Waals surface area (Å²) in [6, 6.07) is 13.8. The molecule has 0 aliphatic rings. The van der Waals surface area contributed by atoms with Crippen molar-refractivity contribution in [2.24, 2.45) is 0 Å². The number of aryl methyl sites for hydroxylation is 2. The number of carbonyl (C=O) groups is 2. The Labute approximate surface area is 172 Å². The first kappa shape index (κ1) is 20.4. The number of aromatic nitrogens is 1. The zero-order valence-electron chi connectivity index (χ0n) is 16.0. The van der Waals surface area contributed by atoms with Crippen LogP contribution in [0.3, 0.4) is 0 Å². The van der Waals surface area contributed by atoms with E-state index in [0.29, 0.717) is 0 Å². The first-order valence-corrected chi connectivity index (χ1v) is 10.7. The van der Waals surface area contributed by atoms with Gasteiger partial charge in [-0.15, -0.1) is 11.3 Å². The molecule has 0 bridgehead atoms. The molecule has 1 heterocycles. The lowest BCUT2D eigenvalue weighted by atomic mass is 10.0. The van der Waals surface area contributed by atoms with E-state index in [1.54, 1.807) is 0 Å². The van der Waals surface area contributed by atoms with E-state index in [1.807, 2.05) is 57.2 Å². The Morgan fingerprint density at radius 1 is 1.18 bits per heavy atom. The quantitative estimate of drug-likeness (QED) is 0.458. The molecule has 28 heavy (non-hydrogen) atoms. The van der Waals surface area contributed by atoms with Gasteiger partial charge >= 0.3 is 5.97 Å². The molecule has 5 nitrogen and oxygen atoms in total. The first-order valence-electron chi connectivity index (χ1n) is 8.93. The summed E-state index contributed by atoms with van der Waals surface area (Å²) in [5.74, 6) is -0.623. The third-order valence-corrected chi connectivity index (χ3v) is 6.51. The Kier molecular flexibility index (Phi) is 6.70. The van der Waals surface area contributed by atoms with Gasteiger partial charge in [0, 0.05) is 0 Å². The van der Waals surface area contributed by atoms with Crippen LogP contribution < -0.4 is 5.32 Å². The molecule has 2 aromatic carbocycles. The lowest BCUT2D eigenvalue weighted by Crippen LogP contribution is -2.31. The number of benzene rings is 2. The number of thioether (sulfide) groups is 1. The summed E-state index contributed by atoms with van der Waals surface area (Å²) in [5, 5.41) is 2.86. The van der Waals surface area contributed by atoms with Gasteiger partial charge in [-0.2, -0.15) is 0 Å². The lowest BCUT2D eigenvalue weighted by Gasteiger charge is -2.15. The highest BCUT2D eigenvalue weighted by atomic mass is 32.2. The minimum atomic E-state index is -0.432. The first-order chi connectivity index (χ1) is 13.4. The van der Waals surface area contributed by atoms with Crippen LogP contribution in [0.15, 0.2) is 46.8 Å². The predicted molar refractivity (Wildman–Crippen MR) is 114 cm³/mol. The smallest absolute Gasteiger partial charge is 0.316 e. The number of nitrogens with zero attached hydrogens (tertiary/aromatic N) is 1. The Hall–Kier alpha value is -2.38. The number of ether oxygens (including phenoxy) is 1. The summed E-state index contributed by atoms with van der Waals surface area (Å²) in [7, 11) is 0. The average Bonchev–Trinajstić information content (AvgIpc) is 3.09. The Bertz CT molecular complexity index is 967. The summed E-state index contributed by atoms with van der Waals surface area (Å²) in [6.07, 6.45) is 0. The number of thiazole rings is 1. The number of rotatable bonds is 7. The van der Waals surface area contributed by atoms with Gasteiger partial charge in [0.15, 0.2) is 10.9 Å². The fourth-order valence-corrected chi connectivity index (χ4v) is 4.49. The van der Waals surface area contributed by atoms with E-state index >= 15 is 0 Å². The zero-order chi connectivity index (χ0) is 20.1. The Morgan fingerprint density at radius 2 is 1.96 bits per heavy atom. The number of fused-ring (bicyclic) bond motifs is 1. The lowest BCUT2D eigenvalue weighted by molar-refractivity contribution is -0.146. The monoisotopic (exact) mass is 414 g/mol. The largest absolute Gasteiger partial charge is 0.455 e. The van der Waals surface area contributed by atoms with Crippen LogP contribution in [0.5, 0.6) is 0 Å². The molecule has 1 N–H and O–H groups in total. The number of hydrogen-bond donors (Lipinski definition) is 1. The highest BCUT2D eigenvalue weighted by Crippen LogP contribution is 2.29. The minimum absolute atomic E-state index is 0.125. The van der Waals surface area contributed by atoms with Crippen LogP contribution in [0.4, 0.5) is 0 Å². The normalized spacial score (nSPS) is 12.0. The molecule has 7 heteroatoms.